The standard InChI is InChI=1S/C35H38N2O2/c1-20(2)24-15-11-16-25(21(3)4)30(24)36-19-37(31-26(22(5)6)17-12-18-27(31)23(7)8)33-32(36)34(38)28-13-9-10-14-29(28)35(33)39/h9-18,20-23H,1-8H3. The summed E-state index contributed by atoms with van der Waals surface area (Å²) in [6.45, 7) is 20.9. The van der Waals surface area contributed by atoms with E-state index >= 15 is 0 Å². The molecule has 0 unspecified atom stereocenters. The summed E-state index contributed by atoms with van der Waals surface area (Å²) in [4.78, 5) is 32.4. The molecule has 1 aliphatic heterocycles. The summed E-state index contributed by atoms with van der Waals surface area (Å²) < 4.78 is 0. The van der Waals surface area contributed by atoms with E-state index in [0.717, 1.165) is 33.6 Å². The van der Waals surface area contributed by atoms with Crippen LogP contribution < -0.4 is 9.80 Å². The molecule has 200 valence electrons. The molecule has 0 saturated heterocycles. The van der Waals surface area contributed by atoms with Gasteiger partial charge in [-0.1, -0.05) is 116 Å². The van der Waals surface area contributed by atoms with Gasteiger partial charge in [0, 0.05) is 11.1 Å². The summed E-state index contributed by atoms with van der Waals surface area (Å²) in [5, 5.41) is 0. The van der Waals surface area contributed by atoms with Gasteiger partial charge in [-0.25, -0.2) is 0 Å². The van der Waals surface area contributed by atoms with Gasteiger partial charge < -0.3 is 9.80 Å². The van der Waals surface area contributed by atoms with Gasteiger partial charge in [0.2, 0.25) is 18.2 Å². The molecule has 2 radical (unpaired) electrons. The zero-order valence-electron chi connectivity index (χ0n) is 24.3. The second kappa shape index (κ2) is 10.1. The minimum absolute atomic E-state index is 0.142. The van der Waals surface area contributed by atoms with E-state index in [-0.39, 0.29) is 35.2 Å². The Balaban J connectivity index is 1.85. The molecule has 2 aliphatic rings. The van der Waals surface area contributed by atoms with E-state index in [4.69, 9.17) is 0 Å². The molecule has 4 heteroatoms. The van der Waals surface area contributed by atoms with Crippen LogP contribution >= 0.6 is 0 Å². The van der Waals surface area contributed by atoms with Crippen molar-refractivity contribution in [2.45, 2.75) is 79.1 Å². The summed E-state index contributed by atoms with van der Waals surface area (Å²) in [6.07, 6.45) is 0. The van der Waals surface area contributed by atoms with Crippen LogP contribution in [0.4, 0.5) is 11.4 Å². The molecular weight excluding hydrogens is 480 g/mol. The van der Waals surface area contributed by atoms with Crippen LogP contribution in [0.3, 0.4) is 0 Å². The molecule has 0 bridgehead atoms. The van der Waals surface area contributed by atoms with Crippen LogP contribution in [0.25, 0.3) is 0 Å². The minimum atomic E-state index is -0.142. The number of carbonyl (C=O) groups excluding carboxylic acids is 2. The lowest BCUT2D eigenvalue weighted by molar-refractivity contribution is 0.0975. The maximum atomic E-state index is 14.3. The molecular formula is C35H38N2O2. The Labute approximate surface area is 233 Å². The SMILES string of the molecule is CC(C)c1cccc(C(C)C)c1N1[C]N(c2c(C(C)C)cccc2C(C)C)C2=C1C(=O)c1ccccc1C2=O. The Bertz CT molecular complexity index is 1330. The highest BCUT2D eigenvalue weighted by molar-refractivity contribution is 6.30. The lowest BCUT2D eigenvalue weighted by Gasteiger charge is -2.30. The molecule has 1 aliphatic carbocycles. The average Bonchev–Trinajstić information content (AvgIpc) is 3.31. The maximum absolute atomic E-state index is 14.3. The van der Waals surface area contributed by atoms with E-state index in [1.807, 2.05) is 21.9 Å². The molecule has 0 aromatic heterocycles. The Hall–Kier alpha value is -3.66. The quantitative estimate of drug-likeness (QED) is 0.327. The van der Waals surface area contributed by atoms with Gasteiger partial charge in [0.1, 0.15) is 11.4 Å². The number of hydrogen-bond donors (Lipinski definition) is 0. The van der Waals surface area contributed by atoms with E-state index in [1.165, 1.54) is 0 Å². The summed E-state index contributed by atoms with van der Waals surface area (Å²) in [6, 6.07) is 19.9. The van der Waals surface area contributed by atoms with Gasteiger partial charge in [0.05, 0.1) is 11.4 Å². The number of nitrogens with zero attached hydrogens (tertiary/aromatic N) is 2. The first-order valence-electron chi connectivity index (χ1n) is 14.1. The number of para-hydroxylation sites is 2. The summed E-state index contributed by atoms with van der Waals surface area (Å²) >= 11 is 0. The Morgan fingerprint density at radius 1 is 0.487 bits per heavy atom. The van der Waals surface area contributed by atoms with Gasteiger partial charge in [-0.15, -0.1) is 0 Å². The molecule has 3 aromatic rings. The van der Waals surface area contributed by atoms with Crippen molar-refractivity contribution >= 4 is 22.9 Å². The van der Waals surface area contributed by atoms with Crippen LogP contribution in [-0.4, -0.2) is 11.6 Å². The fourth-order valence-electron chi connectivity index (χ4n) is 5.83. The van der Waals surface area contributed by atoms with E-state index in [9.17, 15) is 9.59 Å². The molecule has 5 rings (SSSR count). The highest BCUT2D eigenvalue weighted by Gasteiger charge is 2.47. The minimum Gasteiger partial charge on any atom is -0.304 e. The maximum Gasteiger partial charge on any atom is 0.219 e. The van der Waals surface area contributed by atoms with Gasteiger partial charge >= 0.3 is 0 Å². The normalized spacial score (nSPS) is 15.4. The second-order valence-corrected chi connectivity index (χ2v) is 11.9. The molecule has 0 N–H and O–H groups in total. The van der Waals surface area contributed by atoms with E-state index in [2.05, 4.69) is 98.5 Å². The molecule has 4 nitrogen and oxygen atoms in total. The molecule has 39 heavy (non-hydrogen) atoms. The Morgan fingerprint density at radius 3 is 1.08 bits per heavy atom. The fraction of sp³-hybridized carbons (Fsp3) is 0.343. The van der Waals surface area contributed by atoms with E-state index in [0.29, 0.717) is 22.5 Å². The van der Waals surface area contributed by atoms with Gasteiger partial charge in [0.15, 0.2) is 0 Å². The van der Waals surface area contributed by atoms with Gasteiger partial charge in [-0.2, -0.15) is 0 Å². The molecule has 0 spiro atoms. The van der Waals surface area contributed by atoms with Gasteiger partial charge in [-0.05, 0) is 45.9 Å². The summed E-state index contributed by atoms with van der Waals surface area (Å²) in [5.74, 6) is 0.584. The summed E-state index contributed by atoms with van der Waals surface area (Å²) in [7, 11) is 0. The third kappa shape index (κ3) is 4.30. The lowest BCUT2D eigenvalue weighted by atomic mass is 9.87. The van der Waals surface area contributed by atoms with Crippen molar-refractivity contribution in [3.8, 4) is 0 Å². The Kier molecular flexibility index (Phi) is 7.00. The molecule has 1 heterocycles. The zero-order chi connectivity index (χ0) is 28.2. The monoisotopic (exact) mass is 518 g/mol. The van der Waals surface area contributed by atoms with Crippen LogP contribution in [0, 0.1) is 6.67 Å². The van der Waals surface area contributed by atoms with Gasteiger partial charge in [0.25, 0.3) is 0 Å². The first-order valence-corrected chi connectivity index (χ1v) is 14.1. The highest BCUT2D eigenvalue weighted by Crippen LogP contribution is 2.49. The smallest absolute Gasteiger partial charge is 0.219 e. The Morgan fingerprint density at radius 2 is 0.795 bits per heavy atom. The number of Topliss-reactive ketones (excluding diaryl/α,β-unsaturated/α-hetero) is 2. The first kappa shape index (κ1) is 26.9. The predicted octanol–water partition coefficient (Wildman–Crippen LogP) is 8.79. The largest absolute Gasteiger partial charge is 0.304 e. The number of benzene rings is 3. The second-order valence-electron chi connectivity index (χ2n) is 11.9. The fourth-order valence-corrected chi connectivity index (χ4v) is 5.83. The number of ketones is 2. The van der Waals surface area contributed by atoms with Gasteiger partial charge in [-0.3, -0.25) is 9.59 Å². The van der Waals surface area contributed by atoms with Crippen LogP contribution in [0.1, 0.15) is 122 Å². The number of fused-ring (bicyclic) bond motifs is 1. The average molecular weight is 519 g/mol. The topological polar surface area (TPSA) is 40.6 Å². The molecule has 0 fully saturated rings. The number of rotatable bonds is 6. The number of allylic oxidation sites excluding steroid dienone is 2. The predicted molar refractivity (Wildman–Crippen MR) is 160 cm³/mol. The third-order valence-electron chi connectivity index (χ3n) is 7.85. The zero-order valence-corrected chi connectivity index (χ0v) is 24.3. The lowest BCUT2D eigenvalue weighted by Crippen LogP contribution is -2.29. The summed E-state index contributed by atoms with van der Waals surface area (Å²) in [5.41, 5.74) is 8.09. The van der Waals surface area contributed by atoms with E-state index < -0.39 is 0 Å². The molecule has 0 amide bonds. The third-order valence-corrected chi connectivity index (χ3v) is 7.85. The number of anilines is 2. The molecule has 0 atom stereocenters. The van der Waals surface area contributed by atoms with Crippen LogP contribution in [0.15, 0.2) is 72.1 Å². The van der Waals surface area contributed by atoms with Crippen LogP contribution in [0.2, 0.25) is 0 Å². The highest BCUT2D eigenvalue weighted by atomic mass is 16.1. The van der Waals surface area contributed by atoms with Crippen molar-refractivity contribution in [3.63, 3.8) is 0 Å². The number of carbonyl (C=O) groups is 2. The first-order chi connectivity index (χ1) is 18.5. The van der Waals surface area contributed by atoms with Crippen molar-refractivity contribution in [1.29, 1.82) is 0 Å². The molecule has 3 aromatic carbocycles. The van der Waals surface area contributed by atoms with Crippen molar-refractivity contribution in [2.24, 2.45) is 0 Å². The van der Waals surface area contributed by atoms with Crippen LogP contribution in [0.5, 0.6) is 0 Å². The van der Waals surface area contributed by atoms with Crippen molar-refractivity contribution in [1.82, 2.24) is 0 Å². The van der Waals surface area contributed by atoms with E-state index in [1.54, 1.807) is 12.1 Å². The molecule has 0 saturated carbocycles. The number of hydrogen-bond acceptors (Lipinski definition) is 4. The van der Waals surface area contributed by atoms with Crippen molar-refractivity contribution in [2.75, 3.05) is 9.80 Å². The van der Waals surface area contributed by atoms with Crippen LogP contribution in [-0.2, 0) is 0 Å². The van der Waals surface area contributed by atoms with Crippen molar-refractivity contribution < 1.29 is 9.59 Å². The van der Waals surface area contributed by atoms with Crippen molar-refractivity contribution in [3.05, 3.63) is 112 Å².